The summed E-state index contributed by atoms with van der Waals surface area (Å²) in [7, 11) is -1.09. The van der Waals surface area contributed by atoms with Crippen LogP contribution in [0.15, 0.2) is 24.3 Å². The van der Waals surface area contributed by atoms with Crippen molar-refractivity contribution in [1.82, 2.24) is 9.03 Å². The Balaban J connectivity index is 2.69. The number of hydrogen-bond acceptors (Lipinski definition) is 3. The average Bonchev–Trinajstić information content (AvgIpc) is 2.15. The lowest BCUT2D eigenvalue weighted by Gasteiger charge is -2.13. The van der Waals surface area contributed by atoms with E-state index in [1.54, 1.807) is 18.2 Å². The summed E-state index contributed by atoms with van der Waals surface area (Å²) in [5, 5.41) is 2.44. The highest BCUT2D eigenvalue weighted by atomic mass is 32.2. The molecule has 17 heavy (non-hydrogen) atoms. The molecule has 0 aromatic heterocycles. The highest BCUT2D eigenvalue weighted by Crippen LogP contribution is 2.09. The Morgan fingerprint density at radius 2 is 1.94 bits per heavy atom. The van der Waals surface area contributed by atoms with E-state index in [1.165, 1.54) is 14.1 Å². The molecule has 94 valence electrons. The summed E-state index contributed by atoms with van der Waals surface area (Å²) < 4.78 is 25.5. The van der Waals surface area contributed by atoms with Gasteiger partial charge < -0.3 is 5.32 Å². The van der Waals surface area contributed by atoms with Gasteiger partial charge in [-0.25, -0.2) is 9.52 Å². The molecule has 0 atom stereocenters. The predicted molar refractivity (Wildman–Crippen MR) is 65.9 cm³/mol. The maximum absolute atomic E-state index is 11.4. The molecule has 7 heteroatoms. The van der Waals surface area contributed by atoms with Crippen molar-refractivity contribution in [3.8, 4) is 0 Å². The molecule has 0 aliphatic rings. The minimum absolute atomic E-state index is 0.538. The maximum atomic E-state index is 11.4. The number of aryl methyl sites for hydroxylation is 1. The van der Waals surface area contributed by atoms with Gasteiger partial charge in [-0.05, 0) is 24.6 Å². The Kier molecular flexibility index (Phi) is 4.08. The zero-order valence-corrected chi connectivity index (χ0v) is 10.7. The van der Waals surface area contributed by atoms with Crippen LogP contribution >= 0.6 is 0 Å². The van der Waals surface area contributed by atoms with Gasteiger partial charge in [-0.1, -0.05) is 12.1 Å². The first-order valence-electron chi connectivity index (χ1n) is 4.89. The minimum atomic E-state index is -3.76. The third-order valence-electron chi connectivity index (χ3n) is 1.98. The molecule has 1 aromatic carbocycles. The third kappa shape index (κ3) is 4.04. The van der Waals surface area contributed by atoms with E-state index in [4.69, 9.17) is 0 Å². The first-order chi connectivity index (χ1) is 7.81. The van der Waals surface area contributed by atoms with E-state index in [0.29, 0.717) is 5.69 Å². The molecule has 2 N–H and O–H groups in total. The summed E-state index contributed by atoms with van der Waals surface area (Å²) in [4.78, 5) is 11.4. The number of hydrogen-bond donors (Lipinski definition) is 2. The lowest BCUT2D eigenvalue weighted by molar-refractivity contribution is 0.256. The molecule has 0 bridgehead atoms. The van der Waals surface area contributed by atoms with Gasteiger partial charge in [0.25, 0.3) is 0 Å². The van der Waals surface area contributed by atoms with E-state index in [1.807, 2.05) is 17.7 Å². The van der Waals surface area contributed by atoms with Gasteiger partial charge in [0.15, 0.2) is 0 Å². The predicted octanol–water partition coefficient (Wildman–Crippen LogP) is 0.923. The molecule has 0 heterocycles. The first-order valence-corrected chi connectivity index (χ1v) is 6.33. The van der Waals surface area contributed by atoms with Crippen LogP contribution < -0.4 is 10.0 Å². The fourth-order valence-corrected chi connectivity index (χ4v) is 1.56. The molecule has 0 saturated heterocycles. The van der Waals surface area contributed by atoms with E-state index in [9.17, 15) is 13.2 Å². The molecule has 6 nitrogen and oxygen atoms in total. The van der Waals surface area contributed by atoms with Crippen LogP contribution in [0, 0.1) is 6.92 Å². The van der Waals surface area contributed by atoms with Crippen molar-refractivity contribution in [2.24, 2.45) is 0 Å². The van der Waals surface area contributed by atoms with Crippen molar-refractivity contribution >= 4 is 21.9 Å². The van der Waals surface area contributed by atoms with Gasteiger partial charge in [0.1, 0.15) is 0 Å². The quantitative estimate of drug-likeness (QED) is 0.845. The average molecular weight is 257 g/mol. The molecule has 0 fully saturated rings. The third-order valence-corrected chi connectivity index (χ3v) is 3.38. The number of urea groups is 1. The van der Waals surface area contributed by atoms with Gasteiger partial charge in [0.2, 0.25) is 0 Å². The fraction of sp³-hybridized carbons (Fsp3) is 0.300. The number of amides is 2. The molecule has 0 saturated carbocycles. The van der Waals surface area contributed by atoms with Gasteiger partial charge in [-0.2, -0.15) is 12.7 Å². The summed E-state index contributed by atoms with van der Waals surface area (Å²) in [5.74, 6) is 0. The summed E-state index contributed by atoms with van der Waals surface area (Å²) in [6.45, 7) is 1.87. The number of nitrogens with zero attached hydrogens (tertiary/aromatic N) is 1. The number of rotatable bonds is 3. The smallest absolute Gasteiger partial charge is 0.307 e. The lowest BCUT2D eigenvalue weighted by atomic mass is 10.2. The minimum Gasteiger partial charge on any atom is -0.307 e. The molecule has 0 aliphatic heterocycles. The Hall–Kier alpha value is -1.60. The second kappa shape index (κ2) is 5.15. The van der Waals surface area contributed by atoms with Crippen LogP contribution in [-0.2, 0) is 10.2 Å². The van der Waals surface area contributed by atoms with E-state index in [0.717, 1.165) is 9.87 Å². The molecular formula is C10H15N3O3S. The Bertz CT molecular complexity index is 511. The number of nitrogens with one attached hydrogen (secondary N) is 2. The lowest BCUT2D eigenvalue weighted by Crippen LogP contribution is -2.41. The Morgan fingerprint density at radius 3 is 2.47 bits per heavy atom. The van der Waals surface area contributed by atoms with Crippen molar-refractivity contribution in [2.75, 3.05) is 19.4 Å². The highest BCUT2D eigenvalue weighted by Gasteiger charge is 2.16. The van der Waals surface area contributed by atoms with Crippen LogP contribution in [0.4, 0.5) is 10.5 Å². The summed E-state index contributed by atoms with van der Waals surface area (Å²) >= 11 is 0. The SMILES string of the molecule is Cc1cccc(NC(=O)NS(=O)(=O)N(C)C)c1. The summed E-state index contributed by atoms with van der Waals surface area (Å²) in [5.41, 5.74) is 1.51. The number of carbonyl (C=O) groups is 1. The molecule has 1 rings (SSSR count). The van der Waals surface area contributed by atoms with Crippen molar-refractivity contribution in [3.05, 3.63) is 29.8 Å². The largest absolute Gasteiger partial charge is 0.333 e. The standard InChI is InChI=1S/C10H15N3O3S/c1-8-5-4-6-9(7-8)11-10(14)12-17(15,16)13(2)3/h4-7H,1-3H3,(H2,11,12,14). The van der Waals surface area contributed by atoms with Gasteiger partial charge in [-0.3, -0.25) is 0 Å². The van der Waals surface area contributed by atoms with Crippen molar-refractivity contribution < 1.29 is 13.2 Å². The maximum Gasteiger partial charge on any atom is 0.333 e. The normalized spacial score (nSPS) is 11.3. The molecule has 0 aliphatic carbocycles. The fourth-order valence-electron chi connectivity index (χ4n) is 1.09. The Morgan fingerprint density at radius 1 is 1.29 bits per heavy atom. The van der Waals surface area contributed by atoms with E-state index >= 15 is 0 Å². The molecular weight excluding hydrogens is 242 g/mol. The summed E-state index contributed by atoms with van der Waals surface area (Å²) in [6, 6.07) is 6.27. The zero-order chi connectivity index (χ0) is 13.1. The van der Waals surface area contributed by atoms with Gasteiger partial charge in [0.05, 0.1) is 0 Å². The topological polar surface area (TPSA) is 78.5 Å². The van der Waals surface area contributed by atoms with E-state index in [2.05, 4.69) is 5.32 Å². The molecule has 0 spiro atoms. The van der Waals surface area contributed by atoms with Crippen LogP contribution in [0.2, 0.25) is 0 Å². The van der Waals surface area contributed by atoms with Crippen LogP contribution in [0.1, 0.15) is 5.56 Å². The van der Waals surface area contributed by atoms with Gasteiger partial charge >= 0.3 is 16.2 Å². The highest BCUT2D eigenvalue weighted by molar-refractivity contribution is 7.87. The van der Waals surface area contributed by atoms with E-state index in [-0.39, 0.29) is 0 Å². The Labute approximate surface area is 101 Å². The van der Waals surface area contributed by atoms with Crippen LogP contribution in [0.3, 0.4) is 0 Å². The van der Waals surface area contributed by atoms with Gasteiger partial charge in [0, 0.05) is 19.8 Å². The summed E-state index contributed by atoms with van der Waals surface area (Å²) in [6.07, 6.45) is 0. The first kappa shape index (κ1) is 13.5. The zero-order valence-electron chi connectivity index (χ0n) is 9.89. The van der Waals surface area contributed by atoms with Crippen LogP contribution in [-0.4, -0.2) is 32.8 Å². The molecule has 0 unspecified atom stereocenters. The van der Waals surface area contributed by atoms with Crippen molar-refractivity contribution in [3.63, 3.8) is 0 Å². The van der Waals surface area contributed by atoms with Gasteiger partial charge in [-0.15, -0.1) is 0 Å². The number of anilines is 1. The second-order valence-electron chi connectivity index (χ2n) is 3.71. The number of carbonyl (C=O) groups excluding carboxylic acids is 1. The van der Waals surface area contributed by atoms with Crippen LogP contribution in [0.5, 0.6) is 0 Å². The van der Waals surface area contributed by atoms with Crippen LogP contribution in [0.25, 0.3) is 0 Å². The second-order valence-corrected chi connectivity index (χ2v) is 5.60. The molecule has 2 amide bonds. The van der Waals surface area contributed by atoms with Crippen molar-refractivity contribution in [1.29, 1.82) is 0 Å². The number of benzene rings is 1. The van der Waals surface area contributed by atoms with E-state index < -0.39 is 16.2 Å². The molecule has 1 aromatic rings. The van der Waals surface area contributed by atoms with Crippen molar-refractivity contribution in [2.45, 2.75) is 6.92 Å². The molecule has 0 radical (unpaired) electrons. The monoisotopic (exact) mass is 257 g/mol.